The van der Waals surface area contributed by atoms with Crippen LogP contribution in [0.4, 0.5) is 19.0 Å². The highest BCUT2D eigenvalue weighted by Crippen LogP contribution is 2.38. The molecule has 0 radical (unpaired) electrons. The fourth-order valence-corrected chi connectivity index (χ4v) is 2.74. The lowest BCUT2D eigenvalue weighted by molar-refractivity contribution is -0.137. The topological polar surface area (TPSA) is 33.2 Å². The third kappa shape index (κ3) is 3.31. The summed E-state index contributed by atoms with van der Waals surface area (Å²) in [6.45, 7) is 0. The number of hydrogen-bond donors (Lipinski definition) is 0. The minimum Gasteiger partial charge on any atom is -0.356 e. The third-order valence-electron chi connectivity index (χ3n) is 3.53. The Morgan fingerprint density at radius 3 is 2.50 bits per heavy atom. The smallest absolute Gasteiger partial charge is 0.356 e. The molecule has 0 atom stereocenters. The highest BCUT2D eigenvalue weighted by Gasteiger charge is 2.37. The summed E-state index contributed by atoms with van der Waals surface area (Å²) in [5, 5.41) is 0. The van der Waals surface area contributed by atoms with Gasteiger partial charge in [0.05, 0.1) is 5.56 Å². The number of nitrogens with zero attached hydrogens (tertiary/aromatic N) is 2. The van der Waals surface area contributed by atoms with E-state index in [0.29, 0.717) is 30.2 Å². The highest BCUT2D eigenvalue weighted by atomic mass is 79.9. The van der Waals surface area contributed by atoms with Gasteiger partial charge in [0.25, 0.3) is 0 Å². The maximum Gasteiger partial charge on any atom is 0.419 e. The van der Waals surface area contributed by atoms with Crippen molar-refractivity contribution < 1.29 is 18.0 Å². The standard InChI is InChI=1S/C13H14BrF3N2O/c1-19(9-2-4-10(20)5-3-9)12-11(13(15,16)17)6-8(14)7-18-12/h6-7,9H,2-5H2,1H3. The van der Waals surface area contributed by atoms with Crippen LogP contribution in [0, 0.1) is 0 Å². The van der Waals surface area contributed by atoms with Gasteiger partial charge in [-0.05, 0) is 34.8 Å². The van der Waals surface area contributed by atoms with Crippen LogP contribution in [0.15, 0.2) is 16.7 Å². The molecule has 1 saturated carbocycles. The molecule has 0 saturated heterocycles. The quantitative estimate of drug-likeness (QED) is 0.813. The fraction of sp³-hybridized carbons (Fsp3) is 0.538. The van der Waals surface area contributed by atoms with Gasteiger partial charge in [0.1, 0.15) is 11.6 Å². The average molecular weight is 351 g/mol. The predicted octanol–water partition coefficient (Wildman–Crippen LogP) is 3.81. The fourth-order valence-electron chi connectivity index (χ4n) is 2.41. The van der Waals surface area contributed by atoms with E-state index in [4.69, 9.17) is 0 Å². The van der Waals surface area contributed by atoms with Gasteiger partial charge in [-0.25, -0.2) is 4.98 Å². The Hall–Kier alpha value is -1.11. The van der Waals surface area contributed by atoms with Crippen LogP contribution in [-0.4, -0.2) is 23.9 Å². The normalized spacial score (nSPS) is 17.4. The average Bonchev–Trinajstić information content (AvgIpc) is 2.38. The molecule has 1 fully saturated rings. The number of anilines is 1. The predicted molar refractivity (Wildman–Crippen MR) is 72.6 cm³/mol. The van der Waals surface area contributed by atoms with Crippen molar-refractivity contribution >= 4 is 27.5 Å². The van der Waals surface area contributed by atoms with Crippen molar-refractivity contribution in [2.75, 3.05) is 11.9 Å². The van der Waals surface area contributed by atoms with E-state index in [1.807, 2.05) is 0 Å². The first-order valence-corrected chi connectivity index (χ1v) is 7.05. The number of alkyl halides is 3. The summed E-state index contributed by atoms with van der Waals surface area (Å²) in [6.07, 6.45) is -1.10. The second-order valence-corrected chi connectivity index (χ2v) is 5.82. The summed E-state index contributed by atoms with van der Waals surface area (Å²) in [4.78, 5) is 16.7. The summed E-state index contributed by atoms with van der Waals surface area (Å²) < 4.78 is 39.5. The van der Waals surface area contributed by atoms with Crippen LogP contribution in [-0.2, 0) is 11.0 Å². The number of Topliss-reactive ketones (excluding diaryl/α,β-unsaturated/α-hetero) is 1. The van der Waals surface area contributed by atoms with Gasteiger partial charge in [0, 0.05) is 36.6 Å². The molecule has 1 aromatic rings. The van der Waals surface area contributed by atoms with Crippen molar-refractivity contribution in [1.29, 1.82) is 0 Å². The second-order valence-electron chi connectivity index (χ2n) is 4.90. The van der Waals surface area contributed by atoms with E-state index in [0.717, 1.165) is 6.07 Å². The Morgan fingerprint density at radius 1 is 1.35 bits per heavy atom. The number of pyridine rings is 1. The molecule has 2 rings (SSSR count). The monoisotopic (exact) mass is 350 g/mol. The van der Waals surface area contributed by atoms with Gasteiger partial charge in [0.2, 0.25) is 0 Å². The number of halogens is 4. The van der Waals surface area contributed by atoms with Crippen LogP contribution in [0.25, 0.3) is 0 Å². The molecular weight excluding hydrogens is 337 g/mol. The van der Waals surface area contributed by atoms with E-state index in [1.54, 1.807) is 11.9 Å². The van der Waals surface area contributed by atoms with Crippen LogP contribution in [0.1, 0.15) is 31.2 Å². The summed E-state index contributed by atoms with van der Waals surface area (Å²) in [5.74, 6) is 0.0921. The maximum absolute atomic E-state index is 13.1. The lowest BCUT2D eigenvalue weighted by Crippen LogP contribution is -2.37. The van der Waals surface area contributed by atoms with Crippen molar-refractivity contribution in [2.24, 2.45) is 0 Å². The van der Waals surface area contributed by atoms with Gasteiger partial charge in [0.15, 0.2) is 0 Å². The Bertz CT molecular complexity index is 509. The minimum absolute atomic E-state index is 0.0810. The molecule has 0 spiro atoms. The van der Waals surface area contributed by atoms with E-state index in [2.05, 4.69) is 20.9 Å². The Labute approximate surface area is 123 Å². The molecule has 7 heteroatoms. The summed E-state index contributed by atoms with van der Waals surface area (Å²) in [6, 6.07) is 0.953. The molecule has 1 heterocycles. The van der Waals surface area contributed by atoms with Crippen LogP contribution in [0.2, 0.25) is 0 Å². The molecule has 0 N–H and O–H groups in total. The van der Waals surface area contributed by atoms with E-state index in [9.17, 15) is 18.0 Å². The maximum atomic E-state index is 13.1. The largest absolute Gasteiger partial charge is 0.419 e. The number of carbonyl (C=O) groups excluding carboxylic acids is 1. The zero-order valence-corrected chi connectivity index (χ0v) is 12.5. The molecule has 110 valence electrons. The summed E-state index contributed by atoms with van der Waals surface area (Å²) in [7, 11) is 1.60. The number of rotatable bonds is 2. The van der Waals surface area contributed by atoms with E-state index in [1.165, 1.54) is 6.20 Å². The molecule has 20 heavy (non-hydrogen) atoms. The molecule has 0 bridgehead atoms. The second kappa shape index (κ2) is 5.71. The molecule has 1 aliphatic carbocycles. The summed E-state index contributed by atoms with van der Waals surface area (Å²) in [5.41, 5.74) is -0.758. The molecule has 0 aromatic carbocycles. The zero-order valence-electron chi connectivity index (χ0n) is 10.9. The SMILES string of the molecule is CN(c1ncc(Br)cc1C(F)(F)F)C1CCC(=O)CC1. The first-order valence-electron chi connectivity index (χ1n) is 6.26. The van der Waals surface area contributed by atoms with E-state index >= 15 is 0 Å². The molecule has 1 aromatic heterocycles. The first kappa shape index (κ1) is 15.3. The number of hydrogen-bond acceptors (Lipinski definition) is 3. The first-order chi connectivity index (χ1) is 9.29. The van der Waals surface area contributed by atoms with Gasteiger partial charge in [-0.1, -0.05) is 0 Å². The van der Waals surface area contributed by atoms with Gasteiger partial charge in [-0.2, -0.15) is 13.2 Å². The van der Waals surface area contributed by atoms with Crippen molar-refractivity contribution in [1.82, 2.24) is 4.98 Å². The Balaban J connectivity index is 2.30. The van der Waals surface area contributed by atoms with Crippen molar-refractivity contribution in [2.45, 2.75) is 37.9 Å². The lowest BCUT2D eigenvalue weighted by atomic mass is 9.93. The highest BCUT2D eigenvalue weighted by molar-refractivity contribution is 9.10. The molecule has 0 aliphatic heterocycles. The number of carbonyl (C=O) groups is 1. The van der Waals surface area contributed by atoms with Crippen LogP contribution in [0.5, 0.6) is 0 Å². The van der Waals surface area contributed by atoms with Gasteiger partial charge < -0.3 is 4.90 Å². The minimum atomic E-state index is -4.45. The van der Waals surface area contributed by atoms with Crippen LogP contribution in [0.3, 0.4) is 0 Å². The van der Waals surface area contributed by atoms with Crippen LogP contribution < -0.4 is 4.90 Å². The Kier molecular flexibility index (Phi) is 4.36. The van der Waals surface area contributed by atoms with E-state index in [-0.39, 0.29) is 17.6 Å². The number of aromatic nitrogens is 1. The van der Waals surface area contributed by atoms with E-state index < -0.39 is 11.7 Å². The van der Waals surface area contributed by atoms with Gasteiger partial charge >= 0.3 is 6.18 Å². The van der Waals surface area contributed by atoms with Gasteiger partial charge in [-0.15, -0.1) is 0 Å². The van der Waals surface area contributed by atoms with Crippen molar-refractivity contribution in [3.63, 3.8) is 0 Å². The third-order valence-corrected chi connectivity index (χ3v) is 3.97. The molecule has 0 amide bonds. The van der Waals surface area contributed by atoms with Gasteiger partial charge in [-0.3, -0.25) is 4.79 Å². The molecule has 3 nitrogen and oxygen atoms in total. The van der Waals surface area contributed by atoms with Crippen molar-refractivity contribution in [3.8, 4) is 0 Å². The number of ketones is 1. The molecular formula is C13H14BrF3N2O. The zero-order chi connectivity index (χ0) is 14.9. The summed E-state index contributed by atoms with van der Waals surface area (Å²) >= 11 is 3.02. The Morgan fingerprint density at radius 2 is 1.95 bits per heavy atom. The van der Waals surface area contributed by atoms with Crippen molar-refractivity contribution in [3.05, 3.63) is 22.3 Å². The molecule has 1 aliphatic rings. The lowest BCUT2D eigenvalue weighted by Gasteiger charge is -2.33. The van der Waals surface area contributed by atoms with Crippen LogP contribution >= 0.6 is 15.9 Å². The molecule has 0 unspecified atom stereocenters.